The van der Waals surface area contributed by atoms with Gasteiger partial charge in [0.2, 0.25) is 0 Å². The third kappa shape index (κ3) is 4.22. The second-order valence-electron chi connectivity index (χ2n) is 6.11. The number of rotatable bonds is 8. The minimum absolute atomic E-state index is 0.218. The Kier molecular flexibility index (Phi) is 5.44. The number of methoxy groups -OCH3 is 1. The van der Waals surface area contributed by atoms with Gasteiger partial charge < -0.3 is 15.4 Å². The lowest BCUT2D eigenvalue weighted by atomic mass is 10.1. The lowest BCUT2D eigenvalue weighted by Gasteiger charge is -2.31. The van der Waals surface area contributed by atoms with Crippen molar-refractivity contribution < 1.29 is 4.74 Å². The second kappa shape index (κ2) is 7.09. The van der Waals surface area contributed by atoms with Crippen LogP contribution in [0.5, 0.6) is 0 Å². The first kappa shape index (κ1) is 15.3. The van der Waals surface area contributed by atoms with Crippen LogP contribution in [0.25, 0.3) is 0 Å². The number of nitrogens with two attached hydrogens (primary N) is 1. The summed E-state index contributed by atoms with van der Waals surface area (Å²) in [6.45, 7) is 6.12. The third-order valence-electron chi connectivity index (χ3n) is 4.16. The van der Waals surface area contributed by atoms with Gasteiger partial charge in [0, 0.05) is 31.4 Å². The van der Waals surface area contributed by atoms with E-state index in [1.165, 1.54) is 24.1 Å². The molecule has 2 rings (SSSR count). The Hall–Kier alpha value is -1.06. The van der Waals surface area contributed by atoms with E-state index in [2.05, 4.69) is 36.1 Å². The molecule has 0 aliphatic heterocycles. The molecule has 1 aromatic rings. The van der Waals surface area contributed by atoms with Crippen LogP contribution in [0.15, 0.2) is 24.3 Å². The zero-order chi connectivity index (χ0) is 14.5. The van der Waals surface area contributed by atoms with Gasteiger partial charge in [-0.25, -0.2) is 0 Å². The first-order valence-electron chi connectivity index (χ1n) is 7.72. The minimum atomic E-state index is 0.218. The number of hydrogen-bond acceptors (Lipinski definition) is 3. The Labute approximate surface area is 123 Å². The van der Waals surface area contributed by atoms with Crippen molar-refractivity contribution in [3.63, 3.8) is 0 Å². The molecule has 20 heavy (non-hydrogen) atoms. The van der Waals surface area contributed by atoms with Crippen LogP contribution in [0.3, 0.4) is 0 Å². The summed E-state index contributed by atoms with van der Waals surface area (Å²) in [5.74, 6) is 0.857. The third-order valence-corrected chi connectivity index (χ3v) is 4.16. The monoisotopic (exact) mass is 276 g/mol. The summed E-state index contributed by atoms with van der Waals surface area (Å²) >= 11 is 0. The van der Waals surface area contributed by atoms with Crippen molar-refractivity contribution in [3.05, 3.63) is 29.8 Å². The van der Waals surface area contributed by atoms with Gasteiger partial charge in [-0.05, 0) is 56.7 Å². The van der Waals surface area contributed by atoms with E-state index in [-0.39, 0.29) is 6.04 Å². The molecule has 0 aromatic heterocycles. The molecule has 1 aliphatic carbocycles. The fraction of sp³-hybridized carbons (Fsp3) is 0.647. The van der Waals surface area contributed by atoms with Crippen LogP contribution in [-0.2, 0) is 11.2 Å². The van der Waals surface area contributed by atoms with Gasteiger partial charge in [0.25, 0.3) is 0 Å². The molecule has 2 N–H and O–H groups in total. The van der Waals surface area contributed by atoms with Crippen molar-refractivity contribution in [2.75, 3.05) is 25.2 Å². The van der Waals surface area contributed by atoms with E-state index >= 15 is 0 Å². The second-order valence-corrected chi connectivity index (χ2v) is 6.11. The topological polar surface area (TPSA) is 38.5 Å². The highest BCUT2D eigenvalue weighted by molar-refractivity contribution is 5.49. The largest absolute Gasteiger partial charge is 0.383 e. The maximum atomic E-state index is 5.86. The highest BCUT2D eigenvalue weighted by Crippen LogP contribution is 2.36. The summed E-state index contributed by atoms with van der Waals surface area (Å²) in [5, 5.41) is 0. The van der Waals surface area contributed by atoms with Crippen LogP contribution in [0.2, 0.25) is 0 Å². The molecule has 0 spiro atoms. The maximum absolute atomic E-state index is 5.86. The summed E-state index contributed by atoms with van der Waals surface area (Å²) in [6, 6.07) is 9.69. The Morgan fingerprint density at radius 2 is 1.90 bits per heavy atom. The number of nitrogens with zero attached hydrogens (tertiary/aromatic N) is 1. The van der Waals surface area contributed by atoms with Crippen molar-refractivity contribution in [1.82, 2.24) is 0 Å². The van der Waals surface area contributed by atoms with Crippen LogP contribution in [0.4, 0.5) is 5.69 Å². The van der Waals surface area contributed by atoms with E-state index in [0.717, 1.165) is 25.5 Å². The highest BCUT2D eigenvalue weighted by atomic mass is 16.5. The van der Waals surface area contributed by atoms with Crippen LogP contribution < -0.4 is 10.6 Å². The zero-order valence-corrected chi connectivity index (χ0v) is 13.0. The molecule has 1 aromatic carbocycles. The number of benzene rings is 1. The molecule has 3 heteroatoms. The summed E-state index contributed by atoms with van der Waals surface area (Å²) in [4.78, 5) is 2.48. The molecule has 1 aliphatic rings. The van der Waals surface area contributed by atoms with Gasteiger partial charge in [0.1, 0.15) is 0 Å². The smallest absolute Gasteiger partial charge is 0.0637 e. The number of ether oxygens (including phenoxy) is 1. The molecule has 2 atom stereocenters. The lowest BCUT2D eigenvalue weighted by Crippen LogP contribution is -2.37. The highest BCUT2D eigenvalue weighted by Gasteiger charge is 2.32. The Morgan fingerprint density at radius 3 is 2.40 bits per heavy atom. The predicted octanol–water partition coefficient (Wildman–Crippen LogP) is 2.83. The van der Waals surface area contributed by atoms with Crippen molar-refractivity contribution in [2.24, 2.45) is 11.7 Å². The first-order valence-corrected chi connectivity index (χ1v) is 7.72. The van der Waals surface area contributed by atoms with E-state index in [9.17, 15) is 0 Å². The molecule has 0 heterocycles. The molecule has 3 nitrogen and oxygen atoms in total. The standard InChI is InChI=1S/C17H28N2O/c1-13(18)12-15-4-8-17(9-5-15)19(10-11-20-3)14(2)16-6-7-16/h4-5,8-9,13-14,16H,6-7,10-12,18H2,1-3H3. The van der Waals surface area contributed by atoms with Gasteiger partial charge in [0.05, 0.1) is 6.61 Å². The fourth-order valence-corrected chi connectivity index (χ4v) is 2.79. The summed E-state index contributed by atoms with van der Waals surface area (Å²) in [6.07, 6.45) is 3.68. The molecule has 1 saturated carbocycles. The van der Waals surface area contributed by atoms with Crippen LogP contribution in [0, 0.1) is 5.92 Å². The predicted molar refractivity (Wildman–Crippen MR) is 85.2 cm³/mol. The van der Waals surface area contributed by atoms with Crippen LogP contribution >= 0.6 is 0 Å². The van der Waals surface area contributed by atoms with Gasteiger partial charge in [0.15, 0.2) is 0 Å². The molecule has 0 amide bonds. The summed E-state index contributed by atoms with van der Waals surface area (Å²) < 4.78 is 5.26. The molecule has 2 unspecified atom stereocenters. The molecule has 0 radical (unpaired) electrons. The summed E-state index contributed by atoms with van der Waals surface area (Å²) in [7, 11) is 1.77. The van der Waals surface area contributed by atoms with E-state index in [1.54, 1.807) is 7.11 Å². The van der Waals surface area contributed by atoms with Crippen molar-refractivity contribution in [3.8, 4) is 0 Å². The molecular weight excluding hydrogens is 248 g/mol. The van der Waals surface area contributed by atoms with Gasteiger partial charge in [-0.2, -0.15) is 0 Å². The summed E-state index contributed by atoms with van der Waals surface area (Å²) in [5.41, 5.74) is 8.47. The Balaban J connectivity index is 2.06. The maximum Gasteiger partial charge on any atom is 0.0637 e. The molecule has 112 valence electrons. The van der Waals surface area contributed by atoms with Gasteiger partial charge in [-0.15, -0.1) is 0 Å². The Bertz CT molecular complexity index is 398. The average Bonchev–Trinajstić information content (AvgIpc) is 3.24. The van der Waals surface area contributed by atoms with Gasteiger partial charge in [-0.1, -0.05) is 12.1 Å². The van der Waals surface area contributed by atoms with E-state index < -0.39 is 0 Å². The first-order chi connectivity index (χ1) is 9.61. The fourth-order valence-electron chi connectivity index (χ4n) is 2.79. The quantitative estimate of drug-likeness (QED) is 0.793. The SMILES string of the molecule is COCCN(c1ccc(CC(C)N)cc1)C(C)C1CC1. The lowest BCUT2D eigenvalue weighted by molar-refractivity contribution is 0.202. The van der Waals surface area contributed by atoms with Crippen LogP contribution in [-0.4, -0.2) is 32.3 Å². The van der Waals surface area contributed by atoms with Crippen molar-refractivity contribution in [1.29, 1.82) is 0 Å². The molecular formula is C17H28N2O. The molecule has 1 fully saturated rings. The Morgan fingerprint density at radius 1 is 1.25 bits per heavy atom. The normalized spacial score (nSPS) is 17.8. The van der Waals surface area contributed by atoms with Gasteiger partial charge in [-0.3, -0.25) is 0 Å². The minimum Gasteiger partial charge on any atom is -0.383 e. The van der Waals surface area contributed by atoms with E-state index in [1.807, 2.05) is 6.92 Å². The number of anilines is 1. The number of hydrogen-bond donors (Lipinski definition) is 1. The van der Waals surface area contributed by atoms with Crippen LogP contribution in [0.1, 0.15) is 32.3 Å². The molecule has 0 saturated heterocycles. The molecule has 0 bridgehead atoms. The average molecular weight is 276 g/mol. The van der Waals surface area contributed by atoms with Crippen molar-refractivity contribution in [2.45, 2.75) is 45.2 Å². The van der Waals surface area contributed by atoms with Crippen molar-refractivity contribution >= 4 is 5.69 Å². The zero-order valence-electron chi connectivity index (χ0n) is 13.0. The van der Waals surface area contributed by atoms with Gasteiger partial charge >= 0.3 is 0 Å². The van der Waals surface area contributed by atoms with E-state index in [4.69, 9.17) is 10.5 Å². The van der Waals surface area contributed by atoms with E-state index in [0.29, 0.717) is 6.04 Å².